The molecule has 18 heavy (non-hydrogen) atoms. The van der Waals surface area contributed by atoms with Gasteiger partial charge in [-0.3, -0.25) is 0 Å². The van der Waals surface area contributed by atoms with Crippen LogP contribution in [0.25, 0.3) is 0 Å². The second-order valence-electron chi connectivity index (χ2n) is 5.21. The molecule has 0 fully saturated rings. The van der Waals surface area contributed by atoms with Crippen LogP contribution >= 0.6 is 0 Å². The van der Waals surface area contributed by atoms with Crippen molar-refractivity contribution in [2.24, 2.45) is 0 Å². The van der Waals surface area contributed by atoms with Crippen LogP contribution in [0, 0.1) is 13.8 Å². The summed E-state index contributed by atoms with van der Waals surface area (Å²) in [4.78, 5) is 0. The molecule has 0 aliphatic rings. The summed E-state index contributed by atoms with van der Waals surface area (Å²) in [5.74, 6) is 0. The average molecular weight is 250 g/mol. The highest BCUT2D eigenvalue weighted by Crippen LogP contribution is 2.04. The van der Waals surface area contributed by atoms with E-state index in [1.807, 2.05) is 0 Å². The molecule has 2 nitrogen and oxygen atoms in total. The molecular formula is C16H28NO+. The normalized spacial score (nSPS) is 10.8. The SMILES string of the molecule is CCCCCCCCOC[n+]1cc(C)cc(C)c1. The average Bonchev–Trinajstić information content (AvgIpc) is 2.31. The first kappa shape index (κ1) is 15.2. The summed E-state index contributed by atoms with van der Waals surface area (Å²) in [6, 6.07) is 2.18. The molecule has 0 aliphatic heterocycles. The van der Waals surface area contributed by atoms with Crippen LogP contribution in [0.3, 0.4) is 0 Å². The predicted molar refractivity (Wildman–Crippen MR) is 75.4 cm³/mol. The highest BCUT2D eigenvalue weighted by molar-refractivity contribution is 5.11. The van der Waals surface area contributed by atoms with Crippen LogP contribution in [-0.2, 0) is 11.5 Å². The molecule has 0 atom stereocenters. The summed E-state index contributed by atoms with van der Waals surface area (Å²) in [6.07, 6.45) is 12.2. The molecule has 0 bridgehead atoms. The molecule has 0 aliphatic carbocycles. The Morgan fingerprint density at radius 3 is 2.22 bits per heavy atom. The minimum absolute atomic E-state index is 0.678. The fourth-order valence-electron chi connectivity index (χ4n) is 2.22. The van der Waals surface area contributed by atoms with Crippen molar-refractivity contribution in [1.29, 1.82) is 0 Å². The van der Waals surface area contributed by atoms with Gasteiger partial charge in [0.2, 0.25) is 0 Å². The van der Waals surface area contributed by atoms with E-state index in [1.165, 1.54) is 49.7 Å². The Bertz CT molecular complexity index is 316. The molecule has 0 saturated carbocycles. The number of aryl methyl sites for hydroxylation is 2. The Morgan fingerprint density at radius 1 is 0.944 bits per heavy atom. The van der Waals surface area contributed by atoms with E-state index in [9.17, 15) is 0 Å². The quantitative estimate of drug-likeness (QED) is 0.478. The minimum Gasteiger partial charge on any atom is -0.323 e. The van der Waals surface area contributed by atoms with Gasteiger partial charge in [0, 0.05) is 11.1 Å². The van der Waals surface area contributed by atoms with E-state index in [4.69, 9.17) is 4.74 Å². The van der Waals surface area contributed by atoms with Gasteiger partial charge in [0.15, 0.2) is 12.4 Å². The van der Waals surface area contributed by atoms with Crippen molar-refractivity contribution in [2.45, 2.75) is 66.0 Å². The first-order chi connectivity index (χ1) is 8.72. The van der Waals surface area contributed by atoms with E-state index < -0.39 is 0 Å². The highest BCUT2D eigenvalue weighted by Gasteiger charge is 2.02. The number of rotatable bonds is 9. The summed E-state index contributed by atoms with van der Waals surface area (Å²) in [7, 11) is 0. The van der Waals surface area contributed by atoms with Crippen LogP contribution in [0.1, 0.15) is 56.6 Å². The number of aromatic nitrogens is 1. The number of hydrogen-bond donors (Lipinski definition) is 0. The first-order valence-corrected chi connectivity index (χ1v) is 7.27. The number of ether oxygens (including phenoxy) is 1. The Balaban J connectivity index is 2.07. The lowest BCUT2D eigenvalue weighted by atomic mass is 10.1. The van der Waals surface area contributed by atoms with Gasteiger partial charge in [-0.05, 0) is 26.3 Å². The number of pyridine rings is 1. The van der Waals surface area contributed by atoms with Gasteiger partial charge in [0.1, 0.15) is 0 Å². The molecule has 0 spiro atoms. The maximum Gasteiger partial charge on any atom is 0.252 e. The van der Waals surface area contributed by atoms with Gasteiger partial charge in [-0.1, -0.05) is 39.0 Å². The second kappa shape index (κ2) is 9.09. The molecule has 1 aromatic rings. The van der Waals surface area contributed by atoms with Crippen molar-refractivity contribution in [3.8, 4) is 0 Å². The molecule has 0 unspecified atom stereocenters. The summed E-state index contributed by atoms with van der Waals surface area (Å²) in [5, 5.41) is 0. The van der Waals surface area contributed by atoms with E-state index in [1.54, 1.807) is 0 Å². The van der Waals surface area contributed by atoms with Crippen molar-refractivity contribution in [1.82, 2.24) is 0 Å². The third kappa shape index (κ3) is 6.75. The zero-order chi connectivity index (χ0) is 13.2. The minimum atomic E-state index is 0.678. The fraction of sp³-hybridized carbons (Fsp3) is 0.688. The first-order valence-electron chi connectivity index (χ1n) is 7.27. The molecule has 1 heterocycles. The summed E-state index contributed by atoms with van der Waals surface area (Å²) in [5.41, 5.74) is 2.58. The van der Waals surface area contributed by atoms with Crippen LogP contribution in [-0.4, -0.2) is 6.61 Å². The van der Waals surface area contributed by atoms with Gasteiger partial charge >= 0.3 is 0 Å². The van der Waals surface area contributed by atoms with Gasteiger partial charge in [-0.25, -0.2) is 0 Å². The van der Waals surface area contributed by atoms with Crippen LogP contribution < -0.4 is 4.57 Å². The number of unbranched alkanes of at least 4 members (excludes halogenated alkanes) is 5. The highest BCUT2D eigenvalue weighted by atomic mass is 16.5. The van der Waals surface area contributed by atoms with Gasteiger partial charge in [-0.15, -0.1) is 0 Å². The van der Waals surface area contributed by atoms with Crippen molar-refractivity contribution in [3.05, 3.63) is 29.6 Å². The van der Waals surface area contributed by atoms with E-state index in [0.717, 1.165) is 6.61 Å². The van der Waals surface area contributed by atoms with Crippen LogP contribution in [0.4, 0.5) is 0 Å². The topological polar surface area (TPSA) is 13.1 Å². The summed E-state index contributed by atoms with van der Waals surface area (Å²) < 4.78 is 7.83. The van der Waals surface area contributed by atoms with E-state index in [2.05, 4.69) is 43.8 Å². The van der Waals surface area contributed by atoms with Gasteiger partial charge < -0.3 is 4.74 Å². The van der Waals surface area contributed by atoms with Crippen molar-refractivity contribution in [2.75, 3.05) is 6.61 Å². The molecule has 0 N–H and O–H groups in total. The van der Waals surface area contributed by atoms with Gasteiger partial charge in [-0.2, -0.15) is 4.57 Å². The Labute approximate surface area is 112 Å². The third-order valence-corrected chi connectivity index (χ3v) is 3.08. The third-order valence-electron chi connectivity index (χ3n) is 3.08. The van der Waals surface area contributed by atoms with Crippen molar-refractivity contribution in [3.63, 3.8) is 0 Å². The van der Waals surface area contributed by atoms with Crippen LogP contribution in [0.15, 0.2) is 18.5 Å². The van der Waals surface area contributed by atoms with Crippen molar-refractivity contribution < 1.29 is 9.30 Å². The fourth-order valence-corrected chi connectivity index (χ4v) is 2.22. The van der Waals surface area contributed by atoms with E-state index in [0.29, 0.717) is 6.73 Å². The van der Waals surface area contributed by atoms with Gasteiger partial charge in [0.05, 0.1) is 6.61 Å². The summed E-state index contributed by atoms with van der Waals surface area (Å²) >= 11 is 0. The smallest absolute Gasteiger partial charge is 0.252 e. The molecule has 1 rings (SSSR count). The summed E-state index contributed by atoms with van der Waals surface area (Å²) in [6.45, 7) is 8.06. The van der Waals surface area contributed by atoms with Crippen molar-refractivity contribution >= 4 is 0 Å². The predicted octanol–water partition coefficient (Wildman–Crippen LogP) is 3.93. The lowest BCUT2D eigenvalue weighted by Crippen LogP contribution is -2.35. The molecule has 2 heteroatoms. The molecular weight excluding hydrogens is 222 g/mol. The molecule has 0 amide bonds. The largest absolute Gasteiger partial charge is 0.323 e. The maximum atomic E-state index is 5.70. The van der Waals surface area contributed by atoms with Gasteiger partial charge in [0.25, 0.3) is 6.73 Å². The lowest BCUT2D eigenvalue weighted by Gasteiger charge is -2.03. The Kier molecular flexibility index (Phi) is 7.66. The van der Waals surface area contributed by atoms with Crippen LogP contribution in [0.5, 0.6) is 0 Å². The molecule has 0 radical (unpaired) electrons. The van der Waals surface area contributed by atoms with E-state index in [-0.39, 0.29) is 0 Å². The zero-order valence-electron chi connectivity index (χ0n) is 12.2. The molecule has 1 aromatic heterocycles. The molecule has 0 aromatic carbocycles. The second-order valence-corrected chi connectivity index (χ2v) is 5.21. The van der Waals surface area contributed by atoms with E-state index >= 15 is 0 Å². The van der Waals surface area contributed by atoms with Crippen LogP contribution in [0.2, 0.25) is 0 Å². The Hall–Kier alpha value is -0.890. The lowest BCUT2D eigenvalue weighted by molar-refractivity contribution is -0.733. The standard InChI is InChI=1S/C16H28NO/c1-4-5-6-7-8-9-10-18-14-17-12-15(2)11-16(3)13-17/h11-13H,4-10,14H2,1-3H3/q+1. The Morgan fingerprint density at radius 2 is 1.56 bits per heavy atom. The number of nitrogens with zero attached hydrogens (tertiary/aromatic N) is 1. The molecule has 102 valence electrons. The zero-order valence-corrected chi connectivity index (χ0v) is 12.2. The maximum absolute atomic E-state index is 5.70. The molecule has 0 saturated heterocycles. The number of hydrogen-bond acceptors (Lipinski definition) is 1. The monoisotopic (exact) mass is 250 g/mol.